The topological polar surface area (TPSA) is 68.0 Å². The number of aryl methyl sites for hydroxylation is 2. The van der Waals surface area contributed by atoms with Crippen LogP contribution in [0.1, 0.15) is 36.4 Å². The fraction of sp³-hybridized carbons (Fsp3) is 0.692. The zero-order valence-corrected chi connectivity index (χ0v) is 14.1. The van der Waals surface area contributed by atoms with Crippen molar-refractivity contribution in [2.24, 2.45) is 11.7 Å². The van der Waals surface area contributed by atoms with Gasteiger partial charge in [-0.2, -0.15) is 0 Å². The average Bonchev–Trinajstić information content (AvgIpc) is 3.11. The Morgan fingerprint density at radius 1 is 1.55 bits per heavy atom. The highest BCUT2D eigenvalue weighted by atomic mass is 35.5. The van der Waals surface area contributed by atoms with Gasteiger partial charge < -0.3 is 11.1 Å². The number of nitrogens with one attached hydrogen (secondary N) is 1. The second-order valence-electron chi connectivity index (χ2n) is 5.02. The lowest BCUT2D eigenvalue weighted by Gasteiger charge is -2.11. The monoisotopic (exact) mass is 339 g/mol. The fourth-order valence-corrected chi connectivity index (χ4v) is 2.61. The summed E-state index contributed by atoms with van der Waals surface area (Å²) in [6.07, 6.45) is 4.74. The van der Waals surface area contributed by atoms with Crippen molar-refractivity contribution in [1.82, 2.24) is 10.3 Å². The summed E-state index contributed by atoms with van der Waals surface area (Å²) in [6, 6.07) is 0.148. The summed E-state index contributed by atoms with van der Waals surface area (Å²) in [6.45, 7) is 2.62. The van der Waals surface area contributed by atoms with Crippen molar-refractivity contribution < 1.29 is 4.79 Å². The third-order valence-corrected chi connectivity index (χ3v) is 4.09. The first kappa shape index (κ1) is 19.6. The van der Waals surface area contributed by atoms with E-state index in [1.165, 1.54) is 12.8 Å². The maximum Gasteiger partial charge on any atom is 0.220 e. The number of carbonyl (C=O) groups excluding carboxylic acids is 1. The van der Waals surface area contributed by atoms with Crippen LogP contribution in [0.5, 0.6) is 0 Å². The number of rotatable bonds is 7. The predicted octanol–water partition coefficient (Wildman–Crippen LogP) is 2.47. The summed E-state index contributed by atoms with van der Waals surface area (Å²) < 4.78 is 0. The van der Waals surface area contributed by atoms with Gasteiger partial charge in [-0.25, -0.2) is 4.98 Å². The normalized spacial score (nSPS) is 14.9. The Balaban J connectivity index is 0.00000180. The number of halogens is 2. The van der Waals surface area contributed by atoms with Crippen LogP contribution in [-0.2, 0) is 11.2 Å². The molecular formula is C13H23Cl2N3OS. The Kier molecular flexibility index (Phi) is 9.38. The summed E-state index contributed by atoms with van der Waals surface area (Å²) >= 11 is 1.66. The number of nitrogens with zero attached hydrogens (tertiary/aromatic N) is 1. The molecule has 1 fully saturated rings. The highest BCUT2D eigenvalue weighted by Crippen LogP contribution is 2.31. The standard InChI is InChI=1S/C13H21N3OS.2ClH/c1-9-16-11(8-18-9)3-2-4-13(17)15-7-12(14)10-5-6-10;;/h8,10,12H,2-7,14H2,1H3,(H,15,17);2*1H. The molecule has 1 saturated carbocycles. The third kappa shape index (κ3) is 6.88. The van der Waals surface area contributed by atoms with Gasteiger partial charge in [-0.1, -0.05) is 0 Å². The van der Waals surface area contributed by atoms with Crippen molar-refractivity contribution in [2.75, 3.05) is 6.54 Å². The van der Waals surface area contributed by atoms with Gasteiger partial charge in [0.25, 0.3) is 0 Å². The molecule has 1 aromatic rings. The van der Waals surface area contributed by atoms with Crippen LogP contribution in [0.2, 0.25) is 0 Å². The molecule has 0 bridgehead atoms. The lowest BCUT2D eigenvalue weighted by Crippen LogP contribution is -2.38. The SMILES string of the molecule is Cc1nc(CCCC(=O)NCC(N)C2CC2)cs1.Cl.Cl. The Morgan fingerprint density at radius 3 is 2.80 bits per heavy atom. The molecule has 0 aliphatic heterocycles. The van der Waals surface area contributed by atoms with Crippen molar-refractivity contribution in [3.8, 4) is 0 Å². The van der Waals surface area contributed by atoms with Crippen LogP contribution in [0.25, 0.3) is 0 Å². The Hall–Kier alpha value is -0.360. The molecule has 1 aromatic heterocycles. The first-order valence-corrected chi connectivity index (χ1v) is 7.46. The number of thiazole rings is 1. The van der Waals surface area contributed by atoms with Gasteiger partial charge in [0.05, 0.1) is 10.7 Å². The van der Waals surface area contributed by atoms with E-state index in [0.29, 0.717) is 18.9 Å². The van der Waals surface area contributed by atoms with Crippen molar-refractivity contribution in [3.63, 3.8) is 0 Å². The van der Waals surface area contributed by atoms with Crippen molar-refractivity contribution in [1.29, 1.82) is 0 Å². The predicted molar refractivity (Wildman–Crippen MR) is 88.0 cm³/mol. The molecule has 1 aliphatic carbocycles. The maximum atomic E-state index is 11.6. The molecule has 1 heterocycles. The minimum absolute atomic E-state index is 0. The Labute approximate surface area is 136 Å². The van der Waals surface area contributed by atoms with E-state index >= 15 is 0 Å². The summed E-state index contributed by atoms with van der Waals surface area (Å²) in [5.41, 5.74) is 7.02. The minimum Gasteiger partial charge on any atom is -0.355 e. The van der Waals surface area contributed by atoms with Crippen molar-refractivity contribution in [3.05, 3.63) is 16.1 Å². The molecule has 1 amide bonds. The molecule has 2 rings (SSSR count). The first-order valence-electron chi connectivity index (χ1n) is 6.58. The molecule has 20 heavy (non-hydrogen) atoms. The van der Waals surface area contributed by atoms with Gasteiger partial charge in [0.2, 0.25) is 5.91 Å². The second kappa shape index (κ2) is 9.55. The average molecular weight is 340 g/mol. The molecular weight excluding hydrogens is 317 g/mol. The van der Waals surface area contributed by atoms with E-state index in [1.54, 1.807) is 11.3 Å². The number of hydrogen-bond acceptors (Lipinski definition) is 4. The van der Waals surface area contributed by atoms with Crippen LogP contribution >= 0.6 is 36.2 Å². The van der Waals surface area contributed by atoms with Gasteiger partial charge in [0.15, 0.2) is 0 Å². The zero-order chi connectivity index (χ0) is 13.0. The largest absolute Gasteiger partial charge is 0.355 e. The van der Waals surface area contributed by atoms with E-state index in [1.807, 2.05) is 6.92 Å². The van der Waals surface area contributed by atoms with Gasteiger partial charge in [0.1, 0.15) is 0 Å². The molecule has 0 saturated heterocycles. The van der Waals surface area contributed by atoms with Crippen molar-refractivity contribution in [2.45, 2.75) is 45.1 Å². The van der Waals surface area contributed by atoms with Crippen LogP contribution in [0.4, 0.5) is 0 Å². The fourth-order valence-electron chi connectivity index (χ4n) is 1.96. The van der Waals surface area contributed by atoms with Crippen LogP contribution in [0.3, 0.4) is 0 Å². The van der Waals surface area contributed by atoms with E-state index in [2.05, 4.69) is 15.7 Å². The molecule has 1 unspecified atom stereocenters. The molecule has 116 valence electrons. The molecule has 0 spiro atoms. The number of amides is 1. The summed E-state index contributed by atoms with van der Waals surface area (Å²) in [7, 11) is 0. The Bertz CT molecular complexity index is 410. The smallest absolute Gasteiger partial charge is 0.220 e. The summed E-state index contributed by atoms with van der Waals surface area (Å²) in [5, 5.41) is 6.07. The van der Waals surface area contributed by atoms with E-state index in [0.717, 1.165) is 23.5 Å². The van der Waals surface area contributed by atoms with Gasteiger partial charge in [0, 0.05) is 24.4 Å². The van der Waals surface area contributed by atoms with Crippen LogP contribution in [0.15, 0.2) is 5.38 Å². The highest BCUT2D eigenvalue weighted by Gasteiger charge is 2.28. The van der Waals surface area contributed by atoms with Crippen LogP contribution < -0.4 is 11.1 Å². The highest BCUT2D eigenvalue weighted by molar-refractivity contribution is 7.09. The van der Waals surface area contributed by atoms with E-state index < -0.39 is 0 Å². The third-order valence-electron chi connectivity index (χ3n) is 3.27. The molecule has 7 heteroatoms. The van der Waals surface area contributed by atoms with E-state index in [-0.39, 0.29) is 36.8 Å². The lowest BCUT2D eigenvalue weighted by atomic mass is 10.2. The lowest BCUT2D eigenvalue weighted by molar-refractivity contribution is -0.121. The van der Waals surface area contributed by atoms with Gasteiger partial charge in [-0.05, 0) is 38.5 Å². The second-order valence-corrected chi connectivity index (χ2v) is 6.08. The van der Waals surface area contributed by atoms with Crippen LogP contribution in [0, 0.1) is 12.8 Å². The van der Waals surface area contributed by atoms with Gasteiger partial charge in [-0.3, -0.25) is 4.79 Å². The molecule has 4 nitrogen and oxygen atoms in total. The van der Waals surface area contributed by atoms with Gasteiger partial charge in [-0.15, -0.1) is 36.2 Å². The van der Waals surface area contributed by atoms with Gasteiger partial charge >= 0.3 is 0 Å². The Morgan fingerprint density at radius 2 is 2.25 bits per heavy atom. The molecule has 3 N–H and O–H groups in total. The number of nitrogens with two attached hydrogens (primary N) is 1. The molecule has 0 radical (unpaired) electrons. The van der Waals surface area contributed by atoms with Crippen molar-refractivity contribution >= 4 is 42.1 Å². The van der Waals surface area contributed by atoms with E-state index in [4.69, 9.17) is 5.73 Å². The first-order chi connectivity index (χ1) is 8.65. The molecule has 0 aromatic carbocycles. The summed E-state index contributed by atoms with van der Waals surface area (Å²) in [4.78, 5) is 16.0. The molecule has 1 atom stereocenters. The zero-order valence-electron chi connectivity index (χ0n) is 11.6. The summed E-state index contributed by atoms with van der Waals surface area (Å²) in [5.74, 6) is 0.751. The molecule has 1 aliphatic rings. The van der Waals surface area contributed by atoms with E-state index in [9.17, 15) is 4.79 Å². The number of aromatic nitrogens is 1. The number of carbonyl (C=O) groups is 1. The number of hydrogen-bond donors (Lipinski definition) is 2. The minimum atomic E-state index is 0. The quantitative estimate of drug-likeness (QED) is 0.801. The maximum absolute atomic E-state index is 11.6. The van der Waals surface area contributed by atoms with Crippen LogP contribution in [-0.4, -0.2) is 23.5 Å².